The topological polar surface area (TPSA) is 78.5 Å². The third-order valence-corrected chi connectivity index (χ3v) is 3.12. The molecule has 0 radical (unpaired) electrons. The highest BCUT2D eigenvalue weighted by atomic mass is 16.3. The normalized spacial score (nSPS) is 10.4. The number of nitrogens with one attached hydrogen (secondary N) is 1. The SMILES string of the molecule is Cc1cc(NCc2cc(N)ccc2O)c(C)cc1O. The molecule has 2 aromatic carbocycles. The van der Waals surface area contributed by atoms with Crippen LogP contribution in [0.5, 0.6) is 11.5 Å². The Labute approximate surface area is 112 Å². The smallest absolute Gasteiger partial charge is 0.120 e. The van der Waals surface area contributed by atoms with Crippen LogP contribution in [0.15, 0.2) is 30.3 Å². The maximum atomic E-state index is 9.75. The van der Waals surface area contributed by atoms with Crippen molar-refractivity contribution in [3.8, 4) is 11.5 Å². The molecule has 4 heteroatoms. The van der Waals surface area contributed by atoms with E-state index in [1.165, 1.54) is 0 Å². The Kier molecular flexibility index (Phi) is 3.51. The summed E-state index contributed by atoms with van der Waals surface area (Å²) in [5.41, 5.74) is 9.75. The van der Waals surface area contributed by atoms with Gasteiger partial charge in [-0.2, -0.15) is 0 Å². The van der Waals surface area contributed by atoms with Crippen LogP contribution in [0.2, 0.25) is 0 Å². The van der Waals surface area contributed by atoms with Crippen LogP contribution in [0.4, 0.5) is 11.4 Å². The molecule has 19 heavy (non-hydrogen) atoms. The summed E-state index contributed by atoms with van der Waals surface area (Å²) in [6, 6.07) is 8.59. The molecule has 0 unspecified atom stereocenters. The van der Waals surface area contributed by atoms with Crippen molar-refractivity contribution in [2.24, 2.45) is 0 Å². The molecular formula is C15H18N2O2. The van der Waals surface area contributed by atoms with Crippen molar-refractivity contribution in [3.63, 3.8) is 0 Å². The van der Waals surface area contributed by atoms with Gasteiger partial charge in [0, 0.05) is 23.5 Å². The molecule has 0 aliphatic heterocycles. The first kappa shape index (κ1) is 13.1. The Morgan fingerprint density at radius 3 is 2.47 bits per heavy atom. The molecule has 0 spiro atoms. The van der Waals surface area contributed by atoms with Crippen LogP contribution in [-0.4, -0.2) is 10.2 Å². The zero-order valence-electron chi connectivity index (χ0n) is 11.1. The fourth-order valence-corrected chi connectivity index (χ4v) is 1.93. The largest absolute Gasteiger partial charge is 0.508 e. The summed E-state index contributed by atoms with van der Waals surface area (Å²) < 4.78 is 0. The summed E-state index contributed by atoms with van der Waals surface area (Å²) in [7, 11) is 0. The van der Waals surface area contributed by atoms with E-state index < -0.39 is 0 Å². The lowest BCUT2D eigenvalue weighted by molar-refractivity contribution is 0.468. The monoisotopic (exact) mass is 258 g/mol. The molecule has 4 nitrogen and oxygen atoms in total. The highest BCUT2D eigenvalue weighted by Crippen LogP contribution is 2.26. The molecule has 5 N–H and O–H groups in total. The van der Waals surface area contributed by atoms with E-state index >= 15 is 0 Å². The number of phenolic OH excluding ortho intramolecular Hbond substituents is 2. The molecule has 0 bridgehead atoms. The number of rotatable bonds is 3. The average molecular weight is 258 g/mol. The Morgan fingerprint density at radius 1 is 1.00 bits per heavy atom. The zero-order chi connectivity index (χ0) is 14.0. The first-order valence-electron chi connectivity index (χ1n) is 6.09. The lowest BCUT2D eigenvalue weighted by Gasteiger charge is -2.13. The van der Waals surface area contributed by atoms with Gasteiger partial charge in [-0.3, -0.25) is 0 Å². The van der Waals surface area contributed by atoms with Gasteiger partial charge in [-0.1, -0.05) is 0 Å². The molecule has 0 aliphatic carbocycles. The van der Waals surface area contributed by atoms with Crippen LogP contribution in [0, 0.1) is 13.8 Å². The van der Waals surface area contributed by atoms with E-state index in [4.69, 9.17) is 5.73 Å². The Balaban J connectivity index is 2.19. The fourth-order valence-electron chi connectivity index (χ4n) is 1.93. The van der Waals surface area contributed by atoms with Gasteiger partial charge in [0.1, 0.15) is 11.5 Å². The Morgan fingerprint density at radius 2 is 1.74 bits per heavy atom. The number of aryl methyl sites for hydroxylation is 2. The van der Waals surface area contributed by atoms with Gasteiger partial charge in [0.15, 0.2) is 0 Å². The summed E-state index contributed by atoms with van der Waals surface area (Å²) in [6.07, 6.45) is 0. The summed E-state index contributed by atoms with van der Waals surface area (Å²) >= 11 is 0. The molecule has 0 aliphatic rings. The van der Waals surface area contributed by atoms with Crippen molar-refractivity contribution in [1.82, 2.24) is 0 Å². The van der Waals surface area contributed by atoms with Crippen LogP contribution < -0.4 is 11.1 Å². The minimum Gasteiger partial charge on any atom is -0.508 e. The standard InChI is InChI=1S/C15H18N2O2/c1-9-6-15(19)10(2)5-13(9)17-8-11-7-12(16)3-4-14(11)18/h3-7,17-19H,8,16H2,1-2H3. The van der Waals surface area contributed by atoms with E-state index in [-0.39, 0.29) is 11.5 Å². The van der Waals surface area contributed by atoms with Crippen molar-refractivity contribution < 1.29 is 10.2 Å². The lowest BCUT2D eigenvalue weighted by Crippen LogP contribution is -2.02. The number of nitrogen functional groups attached to an aromatic ring is 1. The molecule has 0 saturated carbocycles. The van der Waals surface area contributed by atoms with Crippen molar-refractivity contribution in [3.05, 3.63) is 47.0 Å². The van der Waals surface area contributed by atoms with Crippen LogP contribution in [0.25, 0.3) is 0 Å². The summed E-state index contributed by atoms with van der Waals surface area (Å²) in [6.45, 7) is 4.24. The van der Waals surface area contributed by atoms with E-state index in [1.54, 1.807) is 24.3 Å². The Hall–Kier alpha value is -2.36. The maximum Gasteiger partial charge on any atom is 0.120 e. The summed E-state index contributed by atoms with van der Waals surface area (Å²) in [5.74, 6) is 0.504. The van der Waals surface area contributed by atoms with E-state index in [0.717, 1.165) is 22.4 Å². The quantitative estimate of drug-likeness (QED) is 0.504. The minimum absolute atomic E-state index is 0.217. The number of anilines is 2. The van der Waals surface area contributed by atoms with Gasteiger partial charge in [-0.15, -0.1) is 0 Å². The summed E-state index contributed by atoms with van der Waals surface area (Å²) in [4.78, 5) is 0. The van der Waals surface area contributed by atoms with Crippen LogP contribution in [-0.2, 0) is 6.54 Å². The van der Waals surface area contributed by atoms with Crippen molar-refractivity contribution in [2.75, 3.05) is 11.1 Å². The molecule has 0 amide bonds. The maximum absolute atomic E-state index is 9.75. The van der Waals surface area contributed by atoms with Crippen LogP contribution in [0.3, 0.4) is 0 Å². The summed E-state index contributed by atoms with van der Waals surface area (Å²) in [5, 5.41) is 22.6. The third-order valence-electron chi connectivity index (χ3n) is 3.12. The predicted octanol–water partition coefficient (Wildman–Crippen LogP) is 2.91. The number of aromatic hydroxyl groups is 2. The highest BCUT2D eigenvalue weighted by molar-refractivity contribution is 5.57. The zero-order valence-corrected chi connectivity index (χ0v) is 11.1. The van der Waals surface area contributed by atoms with Gasteiger partial charge in [0.25, 0.3) is 0 Å². The molecule has 0 saturated heterocycles. The lowest BCUT2D eigenvalue weighted by atomic mass is 10.1. The van der Waals surface area contributed by atoms with E-state index in [2.05, 4.69) is 5.32 Å². The molecule has 2 rings (SSSR count). The van der Waals surface area contributed by atoms with Gasteiger partial charge in [-0.05, 0) is 55.3 Å². The van der Waals surface area contributed by atoms with Crippen LogP contribution in [0.1, 0.15) is 16.7 Å². The van der Waals surface area contributed by atoms with Gasteiger partial charge in [0.2, 0.25) is 0 Å². The van der Waals surface area contributed by atoms with Crippen LogP contribution >= 0.6 is 0 Å². The number of benzene rings is 2. The van der Waals surface area contributed by atoms with E-state index in [0.29, 0.717) is 12.2 Å². The first-order chi connectivity index (χ1) is 8.97. The molecule has 0 aromatic heterocycles. The second kappa shape index (κ2) is 5.10. The molecule has 0 heterocycles. The molecule has 0 fully saturated rings. The Bertz CT molecular complexity index is 609. The predicted molar refractivity (Wildman–Crippen MR) is 77.4 cm³/mol. The van der Waals surface area contributed by atoms with Gasteiger partial charge < -0.3 is 21.3 Å². The molecule has 100 valence electrons. The molecule has 0 atom stereocenters. The van der Waals surface area contributed by atoms with Gasteiger partial charge >= 0.3 is 0 Å². The van der Waals surface area contributed by atoms with E-state index in [1.807, 2.05) is 19.9 Å². The first-order valence-corrected chi connectivity index (χ1v) is 6.09. The second-order valence-corrected chi connectivity index (χ2v) is 4.70. The average Bonchev–Trinajstić information content (AvgIpc) is 2.36. The van der Waals surface area contributed by atoms with Crippen molar-refractivity contribution in [2.45, 2.75) is 20.4 Å². The fraction of sp³-hybridized carbons (Fsp3) is 0.200. The second-order valence-electron chi connectivity index (χ2n) is 4.70. The van der Waals surface area contributed by atoms with Gasteiger partial charge in [-0.25, -0.2) is 0 Å². The third kappa shape index (κ3) is 2.91. The minimum atomic E-state index is 0.217. The van der Waals surface area contributed by atoms with Gasteiger partial charge in [0.05, 0.1) is 0 Å². The highest BCUT2D eigenvalue weighted by Gasteiger charge is 2.05. The number of hydrogen-bond donors (Lipinski definition) is 4. The number of phenols is 2. The van der Waals surface area contributed by atoms with Crippen molar-refractivity contribution >= 4 is 11.4 Å². The van der Waals surface area contributed by atoms with E-state index in [9.17, 15) is 10.2 Å². The number of hydrogen-bond acceptors (Lipinski definition) is 4. The molecular weight excluding hydrogens is 240 g/mol. The molecule has 2 aromatic rings. The number of nitrogens with two attached hydrogens (primary N) is 1. The van der Waals surface area contributed by atoms with Crippen molar-refractivity contribution in [1.29, 1.82) is 0 Å².